The van der Waals surface area contributed by atoms with Gasteiger partial charge in [-0.05, 0) is 11.2 Å². The van der Waals surface area contributed by atoms with Crippen molar-refractivity contribution in [3.05, 3.63) is 16.7 Å². The van der Waals surface area contributed by atoms with Crippen molar-refractivity contribution in [2.24, 2.45) is 0 Å². The van der Waals surface area contributed by atoms with Crippen LogP contribution in [0.3, 0.4) is 0 Å². The maximum Gasteiger partial charge on any atom is 0.299 e. The van der Waals surface area contributed by atoms with E-state index < -0.39 is 41.9 Å². The zero-order chi connectivity index (χ0) is 17.5. The summed E-state index contributed by atoms with van der Waals surface area (Å²) in [5.41, 5.74) is 5.36. The van der Waals surface area contributed by atoms with Crippen molar-refractivity contribution in [1.29, 1.82) is 0 Å². The molecule has 7 N–H and O–H groups in total. The van der Waals surface area contributed by atoms with E-state index in [9.17, 15) is 9.90 Å². The maximum atomic E-state index is 11.8. The van der Waals surface area contributed by atoms with Crippen molar-refractivity contribution >= 4 is 35.1 Å². The summed E-state index contributed by atoms with van der Waals surface area (Å²) in [7, 11) is 0. The first-order chi connectivity index (χ1) is 11.2. The smallest absolute Gasteiger partial charge is 0.299 e. The SMILES string of the molecule is Nc1nc2c(ncn2[C@H]2C[C@H](O)[C@@H](CO[SH]=P(O)(O)O)O2)c(=O)[nH]1. The van der Waals surface area contributed by atoms with Gasteiger partial charge in [-0.1, -0.05) is 0 Å². The zero-order valence-electron chi connectivity index (χ0n) is 12.1. The molecule has 24 heavy (non-hydrogen) atoms. The lowest BCUT2D eigenvalue weighted by atomic mass is 10.2. The van der Waals surface area contributed by atoms with Gasteiger partial charge in [-0.15, -0.1) is 0 Å². The lowest BCUT2D eigenvalue weighted by Gasteiger charge is -2.15. The number of thiol groups is 1. The third kappa shape index (κ3) is 3.68. The summed E-state index contributed by atoms with van der Waals surface area (Å²) in [5, 5.41) is 10.0. The van der Waals surface area contributed by atoms with Crippen molar-refractivity contribution in [3.63, 3.8) is 0 Å². The molecule has 0 aromatic carbocycles. The number of nitrogens with one attached hydrogen (secondary N) is 1. The summed E-state index contributed by atoms with van der Waals surface area (Å²) >= 11 is -0.391. The average molecular weight is 381 g/mol. The number of aliphatic hydroxyl groups is 1. The Morgan fingerprint density at radius 2 is 2.29 bits per heavy atom. The second-order valence-electron chi connectivity index (χ2n) is 5.12. The molecule has 0 bridgehead atoms. The Hall–Kier alpha value is -1.31. The Bertz CT molecular complexity index is 855. The standard InChI is InChI=1S/C10H16N5O7PS/c11-10-13-8-7(9(17)14-10)12-3-15(8)6-1-4(16)5(22-6)2-21-24-23(18,19)20/h3-6,16,18-20,24H,1-2H2,(H3,11,13,14,17)/t4-,5+,6+/m0/s1. The fourth-order valence-electron chi connectivity index (χ4n) is 2.37. The number of nitrogen functional groups attached to an aromatic ring is 1. The normalized spacial score (nSPS) is 24.8. The number of hydrogen-bond donors (Lipinski definition) is 7. The summed E-state index contributed by atoms with van der Waals surface area (Å²) in [4.78, 5) is 48.6. The van der Waals surface area contributed by atoms with Crippen LogP contribution in [-0.4, -0.2) is 58.1 Å². The van der Waals surface area contributed by atoms with Crippen molar-refractivity contribution in [1.82, 2.24) is 19.5 Å². The Kier molecular flexibility index (Phi) is 4.77. The molecular weight excluding hydrogens is 365 g/mol. The number of imidazole rings is 1. The molecule has 3 rings (SSSR count). The van der Waals surface area contributed by atoms with Gasteiger partial charge in [-0.3, -0.25) is 14.3 Å². The molecule has 0 saturated carbocycles. The van der Waals surface area contributed by atoms with Crippen molar-refractivity contribution in [2.75, 3.05) is 12.3 Å². The number of aromatic amines is 1. The highest BCUT2D eigenvalue weighted by molar-refractivity contribution is 8.13. The van der Waals surface area contributed by atoms with E-state index in [0.717, 1.165) is 0 Å². The fraction of sp³-hybridized carbons (Fsp3) is 0.500. The number of aliphatic hydroxyl groups excluding tert-OH is 1. The van der Waals surface area contributed by atoms with E-state index in [1.165, 1.54) is 10.9 Å². The molecule has 134 valence electrons. The number of anilines is 1. The molecule has 1 aliphatic rings. The van der Waals surface area contributed by atoms with Gasteiger partial charge in [0.25, 0.3) is 12.3 Å². The minimum atomic E-state index is -4.06. The molecule has 0 aliphatic carbocycles. The van der Waals surface area contributed by atoms with E-state index in [2.05, 4.69) is 15.0 Å². The zero-order valence-corrected chi connectivity index (χ0v) is 13.8. The summed E-state index contributed by atoms with van der Waals surface area (Å²) in [6, 6.07) is 0. The van der Waals surface area contributed by atoms with Gasteiger partial charge in [-0.25, -0.2) is 4.98 Å². The predicted molar refractivity (Wildman–Crippen MR) is 85.4 cm³/mol. The van der Waals surface area contributed by atoms with Crippen LogP contribution in [0, 0.1) is 0 Å². The summed E-state index contributed by atoms with van der Waals surface area (Å²) in [5.74, 6) is -0.0689. The van der Waals surface area contributed by atoms with Crippen LogP contribution < -0.4 is 11.3 Å². The van der Waals surface area contributed by atoms with Crippen molar-refractivity contribution in [2.45, 2.75) is 24.9 Å². The minimum Gasteiger partial charge on any atom is -0.390 e. The molecular formula is C10H16N5O7PS. The number of hydrogen-bond acceptors (Lipinski definition) is 7. The van der Waals surface area contributed by atoms with E-state index in [1.807, 2.05) is 0 Å². The highest BCUT2D eigenvalue weighted by atomic mass is 32.5. The van der Waals surface area contributed by atoms with Crippen LogP contribution in [0.2, 0.25) is 0 Å². The van der Waals surface area contributed by atoms with E-state index >= 15 is 0 Å². The molecule has 0 radical (unpaired) electrons. The molecule has 3 atom stereocenters. The van der Waals surface area contributed by atoms with Gasteiger partial charge < -0.3 is 34.4 Å². The van der Waals surface area contributed by atoms with Crippen LogP contribution in [0.1, 0.15) is 12.6 Å². The Balaban J connectivity index is 1.79. The van der Waals surface area contributed by atoms with Gasteiger partial charge >= 0.3 is 0 Å². The third-order valence-corrected chi connectivity index (χ3v) is 4.86. The van der Waals surface area contributed by atoms with Gasteiger partial charge in [0.1, 0.15) is 12.3 Å². The van der Waals surface area contributed by atoms with Crippen LogP contribution in [0.25, 0.3) is 11.2 Å². The van der Waals surface area contributed by atoms with Crippen molar-refractivity contribution < 1.29 is 28.7 Å². The molecule has 0 spiro atoms. The topological polar surface area (TPSA) is 189 Å². The number of aromatic nitrogens is 4. The molecule has 14 heteroatoms. The van der Waals surface area contributed by atoms with Gasteiger partial charge in [-0.2, -0.15) is 4.98 Å². The quantitative estimate of drug-likeness (QED) is 0.225. The molecule has 1 saturated heterocycles. The highest BCUT2D eigenvalue weighted by Gasteiger charge is 2.36. The lowest BCUT2D eigenvalue weighted by Crippen LogP contribution is -2.25. The Morgan fingerprint density at radius 3 is 3.00 bits per heavy atom. The predicted octanol–water partition coefficient (Wildman–Crippen LogP) is -2.25. The second-order valence-corrected chi connectivity index (χ2v) is 8.72. The summed E-state index contributed by atoms with van der Waals surface area (Å²) in [6.07, 6.45) is -0.767. The molecule has 0 unspecified atom stereocenters. The number of H-pyrrole nitrogens is 1. The number of nitrogens with zero attached hydrogens (tertiary/aromatic N) is 3. The van der Waals surface area contributed by atoms with Gasteiger partial charge in [0, 0.05) is 6.42 Å². The van der Waals surface area contributed by atoms with E-state index in [0.29, 0.717) is 0 Å². The van der Waals surface area contributed by atoms with Crippen LogP contribution in [0.4, 0.5) is 5.95 Å². The van der Waals surface area contributed by atoms with Crippen LogP contribution in [-0.2, 0) is 20.1 Å². The second kappa shape index (κ2) is 6.54. The molecule has 1 fully saturated rings. The molecule has 0 amide bonds. The molecule has 2 aromatic heterocycles. The first-order valence-corrected chi connectivity index (χ1v) is 9.89. The maximum absolute atomic E-state index is 11.8. The highest BCUT2D eigenvalue weighted by Crippen LogP contribution is 2.33. The molecule has 3 heterocycles. The summed E-state index contributed by atoms with van der Waals surface area (Å²) < 4.78 is 12.0. The van der Waals surface area contributed by atoms with Crippen LogP contribution >= 0.6 is 6.72 Å². The lowest BCUT2D eigenvalue weighted by molar-refractivity contribution is -0.0350. The fourth-order valence-corrected chi connectivity index (χ4v) is 3.41. The Labute approximate surface area is 137 Å². The Morgan fingerprint density at radius 1 is 1.54 bits per heavy atom. The molecule has 1 aliphatic heterocycles. The monoisotopic (exact) mass is 381 g/mol. The first-order valence-electron chi connectivity index (χ1n) is 6.72. The van der Waals surface area contributed by atoms with E-state index in [1.54, 1.807) is 0 Å². The number of ether oxygens (including phenoxy) is 1. The molecule has 2 aromatic rings. The summed E-state index contributed by atoms with van der Waals surface area (Å²) in [6.45, 7) is -4.23. The largest absolute Gasteiger partial charge is 0.390 e. The first kappa shape index (κ1) is 17.5. The number of nitrogens with two attached hydrogens (primary N) is 1. The van der Waals surface area contributed by atoms with Crippen LogP contribution in [0.5, 0.6) is 0 Å². The number of rotatable bonds is 4. The number of fused-ring (bicyclic) bond motifs is 1. The van der Waals surface area contributed by atoms with Gasteiger partial charge in [0.2, 0.25) is 5.95 Å². The van der Waals surface area contributed by atoms with Gasteiger partial charge in [0.15, 0.2) is 11.2 Å². The van der Waals surface area contributed by atoms with E-state index in [-0.39, 0.29) is 30.1 Å². The average Bonchev–Trinajstić information content (AvgIpc) is 3.01. The minimum absolute atomic E-state index is 0.0689. The van der Waals surface area contributed by atoms with Crippen molar-refractivity contribution in [3.8, 4) is 0 Å². The third-order valence-electron chi connectivity index (χ3n) is 3.37. The van der Waals surface area contributed by atoms with Gasteiger partial charge in [0.05, 0.1) is 19.0 Å². The van der Waals surface area contributed by atoms with E-state index in [4.69, 9.17) is 29.3 Å². The van der Waals surface area contributed by atoms with Crippen LogP contribution in [0.15, 0.2) is 11.1 Å². The molecule has 12 nitrogen and oxygen atoms in total.